The molecular formula is C22H27F3N4O3. The van der Waals surface area contributed by atoms with Crippen LogP contribution in [0.2, 0.25) is 0 Å². The molecule has 2 aromatic rings. The van der Waals surface area contributed by atoms with Crippen LogP contribution in [0.1, 0.15) is 47.3 Å². The number of Topliss-reactive ketones (excluding diaryl/α,β-unsaturated/α-hetero) is 1. The largest absolute Gasteiger partial charge is 0.497 e. The monoisotopic (exact) mass is 452 g/mol. The SMILES string of the molecule is COc1ccc(C2CC(C(F)(F)F)n3ncc(C(=O)CCCN4CCOCC4)c3N2)cc1. The van der Waals surface area contributed by atoms with Crippen LogP contribution in [0.25, 0.3) is 0 Å². The first-order valence-electron chi connectivity index (χ1n) is 10.7. The molecule has 0 radical (unpaired) electrons. The predicted molar refractivity (Wildman–Crippen MR) is 112 cm³/mol. The van der Waals surface area contributed by atoms with Crippen molar-refractivity contribution in [3.63, 3.8) is 0 Å². The Morgan fingerprint density at radius 3 is 2.62 bits per heavy atom. The van der Waals surface area contributed by atoms with Crippen molar-refractivity contribution in [1.29, 1.82) is 0 Å². The van der Waals surface area contributed by atoms with Crippen molar-refractivity contribution in [2.45, 2.75) is 37.5 Å². The van der Waals surface area contributed by atoms with Crippen molar-refractivity contribution in [2.24, 2.45) is 0 Å². The van der Waals surface area contributed by atoms with E-state index in [0.29, 0.717) is 30.9 Å². The van der Waals surface area contributed by atoms with Crippen LogP contribution < -0.4 is 10.1 Å². The molecular weight excluding hydrogens is 425 g/mol. The molecule has 0 bridgehead atoms. The summed E-state index contributed by atoms with van der Waals surface area (Å²) >= 11 is 0. The third-order valence-electron chi connectivity index (χ3n) is 6.04. The van der Waals surface area contributed by atoms with Gasteiger partial charge in [0, 0.05) is 25.9 Å². The predicted octanol–water partition coefficient (Wildman–Crippen LogP) is 3.85. The zero-order valence-electron chi connectivity index (χ0n) is 17.9. The number of rotatable bonds is 7. The van der Waals surface area contributed by atoms with Gasteiger partial charge in [0.1, 0.15) is 11.6 Å². The lowest BCUT2D eigenvalue weighted by Crippen LogP contribution is -2.37. The Morgan fingerprint density at radius 1 is 1.25 bits per heavy atom. The summed E-state index contributed by atoms with van der Waals surface area (Å²) in [5.74, 6) is 0.553. The smallest absolute Gasteiger partial charge is 0.410 e. The molecule has 0 aliphatic carbocycles. The summed E-state index contributed by atoms with van der Waals surface area (Å²) in [4.78, 5) is 15.1. The van der Waals surface area contributed by atoms with Gasteiger partial charge in [-0.1, -0.05) is 12.1 Å². The zero-order chi connectivity index (χ0) is 22.7. The number of nitrogens with zero attached hydrogens (tertiary/aromatic N) is 3. The molecule has 2 unspecified atom stereocenters. The van der Waals surface area contributed by atoms with Crippen molar-refractivity contribution in [3.05, 3.63) is 41.6 Å². The van der Waals surface area contributed by atoms with Crippen LogP contribution >= 0.6 is 0 Å². The lowest BCUT2D eigenvalue weighted by atomic mass is 9.96. The van der Waals surface area contributed by atoms with Crippen LogP contribution in [0.3, 0.4) is 0 Å². The first-order chi connectivity index (χ1) is 15.4. The molecule has 0 amide bonds. The number of carbonyl (C=O) groups excluding carboxylic acids is 1. The second-order valence-electron chi connectivity index (χ2n) is 8.10. The first kappa shape index (κ1) is 22.6. The molecule has 1 aromatic carbocycles. The first-order valence-corrected chi connectivity index (χ1v) is 10.7. The molecule has 1 fully saturated rings. The Bertz CT molecular complexity index is 923. The lowest BCUT2D eigenvalue weighted by molar-refractivity contribution is -0.173. The molecule has 2 aliphatic heterocycles. The van der Waals surface area contributed by atoms with Crippen LogP contribution in [-0.4, -0.2) is 66.6 Å². The fourth-order valence-electron chi connectivity index (χ4n) is 4.24. The van der Waals surface area contributed by atoms with Crippen molar-refractivity contribution in [2.75, 3.05) is 45.3 Å². The van der Waals surface area contributed by atoms with E-state index in [9.17, 15) is 18.0 Å². The molecule has 1 saturated heterocycles. The van der Waals surface area contributed by atoms with Gasteiger partial charge < -0.3 is 14.8 Å². The van der Waals surface area contributed by atoms with Crippen LogP contribution in [0.4, 0.5) is 19.0 Å². The highest BCUT2D eigenvalue weighted by molar-refractivity contribution is 6.00. The minimum Gasteiger partial charge on any atom is -0.497 e. The van der Waals surface area contributed by atoms with E-state index in [0.717, 1.165) is 24.3 Å². The number of morpholine rings is 1. The maximum absolute atomic E-state index is 13.8. The number of halogens is 3. The summed E-state index contributed by atoms with van der Waals surface area (Å²) in [6, 6.07) is 4.49. The summed E-state index contributed by atoms with van der Waals surface area (Å²) in [6.07, 6.45) is -2.55. The van der Waals surface area contributed by atoms with Crippen LogP contribution in [-0.2, 0) is 4.74 Å². The number of carbonyl (C=O) groups is 1. The van der Waals surface area contributed by atoms with Gasteiger partial charge in [-0.05, 0) is 30.7 Å². The normalized spacial score (nSPS) is 21.6. The third kappa shape index (κ3) is 4.91. The number of anilines is 1. The van der Waals surface area contributed by atoms with Gasteiger partial charge in [-0.2, -0.15) is 18.3 Å². The third-order valence-corrected chi connectivity index (χ3v) is 6.04. The minimum absolute atomic E-state index is 0.135. The molecule has 4 rings (SSSR count). The van der Waals surface area contributed by atoms with Gasteiger partial charge in [0.15, 0.2) is 11.8 Å². The van der Waals surface area contributed by atoms with Gasteiger partial charge in [-0.15, -0.1) is 0 Å². The Morgan fingerprint density at radius 2 is 1.97 bits per heavy atom. The van der Waals surface area contributed by atoms with E-state index in [4.69, 9.17) is 9.47 Å². The van der Waals surface area contributed by atoms with Gasteiger partial charge >= 0.3 is 6.18 Å². The molecule has 1 aromatic heterocycles. The van der Waals surface area contributed by atoms with Crippen LogP contribution in [0, 0.1) is 0 Å². The van der Waals surface area contributed by atoms with E-state index < -0.39 is 18.3 Å². The Balaban J connectivity index is 1.51. The molecule has 2 atom stereocenters. The maximum Gasteiger partial charge on any atom is 0.410 e. The Hall–Kier alpha value is -2.59. The van der Waals surface area contributed by atoms with Crippen molar-refractivity contribution >= 4 is 11.6 Å². The average Bonchev–Trinajstić information content (AvgIpc) is 3.22. The minimum atomic E-state index is -4.48. The summed E-state index contributed by atoms with van der Waals surface area (Å²) in [7, 11) is 1.53. The zero-order valence-corrected chi connectivity index (χ0v) is 17.9. The number of ketones is 1. The number of fused-ring (bicyclic) bond motifs is 1. The van der Waals surface area contributed by atoms with E-state index in [2.05, 4.69) is 15.3 Å². The Labute approximate surface area is 184 Å². The molecule has 2 aliphatic rings. The van der Waals surface area contributed by atoms with Crippen molar-refractivity contribution in [1.82, 2.24) is 14.7 Å². The second-order valence-corrected chi connectivity index (χ2v) is 8.10. The highest BCUT2D eigenvalue weighted by Crippen LogP contribution is 2.44. The fraction of sp³-hybridized carbons (Fsp3) is 0.545. The van der Waals surface area contributed by atoms with Gasteiger partial charge in [0.25, 0.3) is 0 Å². The topological polar surface area (TPSA) is 68.6 Å². The summed E-state index contributed by atoms with van der Waals surface area (Å²) in [5, 5.41) is 7.08. The quantitative estimate of drug-likeness (QED) is 0.644. The molecule has 3 heterocycles. The molecule has 7 nitrogen and oxygen atoms in total. The molecule has 1 N–H and O–H groups in total. The summed E-state index contributed by atoms with van der Waals surface area (Å²) in [6.45, 7) is 3.78. The van der Waals surface area contributed by atoms with Crippen molar-refractivity contribution < 1.29 is 27.4 Å². The number of benzene rings is 1. The molecule has 0 saturated carbocycles. The van der Waals surface area contributed by atoms with E-state index in [1.807, 2.05) is 0 Å². The van der Waals surface area contributed by atoms with E-state index in [-0.39, 0.29) is 30.0 Å². The van der Waals surface area contributed by atoms with Gasteiger partial charge in [0.05, 0.1) is 38.1 Å². The molecule has 0 spiro atoms. The van der Waals surface area contributed by atoms with Gasteiger partial charge in [0.2, 0.25) is 0 Å². The van der Waals surface area contributed by atoms with E-state index >= 15 is 0 Å². The maximum atomic E-state index is 13.8. The van der Waals surface area contributed by atoms with Gasteiger partial charge in [-0.25, -0.2) is 4.68 Å². The van der Waals surface area contributed by atoms with Crippen LogP contribution in [0.15, 0.2) is 30.5 Å². The summed E-state index contributed by atoms with van der Waals surface area (Å²) in [5.41, 5.74) is 0.901. The number of hydrogen-bond donors (Lipinski definition) is 1. The Kier molecular flexibility index (Phi) is 6.71. The van der Waals surface area contributed by atoms with Gasteiger partial charge in [-0.3, -0.25) is 9.69 Å². The number of hydrogen-bond acceptors (Lipinski definition) is 6. The fourth-order valence-corrected chi connectivity index (χ4v) is 4.24. The highest BCUT2D eigenvalue weighted by Gasteiger charge is 2.47. The van der Waals surface area contributed by atoms with E-state index in [1.54, 1.807) is 24.3 Å². The number of nitrogens with one attached hydrogen (secondary N) is 1. The number of ether oxygens (including phenoxy) is 2. The summed E-state index contributed by atoms with van der Waals surface area (Å²) < 4.78 is 52.9. The molecule has 32 heavy (non-hydrogen) atoms. The standard InChI is InChI=1S/C22H27F3N4O3/c1-31-16-6-4-15(5-7-16)18-13-20(22(23,24)25)29-21(27-18)17(14-26-29)19(30)3-2-8-28-9-11-32-12-10-28/h4-7,14,18,20,27H,2-3,8-13H2,1H3. The lowest BCUT2D eigenvalue weighted by Gasteiger charge is -2.34. The van der Waals surface area contributed by atoms with E-state index in [1.165, 1.54) is 13.3 Å². The van der Waals surface area contributed by atoms with Crippen molar-refractivity contribution in [3.8, 4) is 5.75 Å². The van der Waals surface area contributed by atoms with Crippen LogP contribution in [0.5, 0.6) is 5.75 Å². The number of alkyl halides is 3. The molecule has 10 heteroatoms. The molecule has 174 valence electrons. The highest BCUT2D eigenvalue weighted by atomic mass is 19.4. The second kappa shape index (κ2) is 9.50. The average molecular weight is 452 g/mol. The number of methoxy groups -OCH3 is 1. The number of aromatic nitrogens is 2.